The number of amides is 1. The highest BCUT2D eigenvalue weighted by Crippen LogP contribution is 2.43. The Morgan fingerprint density at radius 3 is 2.76 bits per heavy atom. The molecule has 0 bridgehead atoms. The molecule has 7 heteroatoms. The Hall–Kier alpha value is -2.85. The van der Waals surface area contributed by atoms with Crippen molar-refractivity contribution in [1.29, 1.82) is 0 Å². The third kappa shape index (κ3) is 3.61. The first kappa shape index (κ1) is 20.7. The van der Waals surface area contributed by atoms with E-state index in [-0.39, 0.29) is 41.8 Å². The van der Waals surface area contributed by atoms with Crippen molar-refractivity contribution in [2.75, 3.05) is 39.8 Å². The lowest BCUT2D eigenvalue weighted by molar-refractivity contribution is -0.127. The van der Waals surface area contributed by atoms with Crippen LogP contribution >= 0.6 is 0 Å². The van der Waals surface area contributed by atoms with Crippen molar-refractivity contribution in [3.63, 3.8) is 0 Å². The van der Waals surface area contributed by atoms with Gasteiger partial charge in [0.1, 0.15) is 5.83 Å². The van der Waals surface area contributed by atoms with Crippen LogP contribution in [0.4, 0.5) is 4.39 Å². The summed E-state index contributed by atoms with van der Waals surface area (Å²) < 4.78 is 20.1. The number of ether oxygens (including phenoxy) is 1. The molecule has 0 radical (unpaired) electrons. The van der Waals surface area contributed by atoms with E-state index in [9.17, 15) is 9.18 Å². The molecular weight excluding hydrogens is 419 g/mol. The minimum absolute atomic E-state index is 0.0303. The Balaban J connectivity index is 1.35. The number of carbonyl (C=O) groups excluding carboxylic acids is 1. The molecule has 4 unspecified atom stereocenters. The number of carbonyl (C=O) groups is 1. The van der Waals surface area contributed by atoms with Crippen molar-refractivity contribution >= 4 is 11.6 Å². The van der Waals surface area contributed by atoms with Gasteiger partial charge in [-0.3, -0.25) is 14.7 Å². The summed E-state index contributed by atoms with van der Waals surface area (Å²) in [6, 6.07) is 0.0924. The predicted molar refractivity (Wildman–Crippen MR) is 123 cm³/mol. The molecule has 6 aliphatic rings. The molecule has 2 aliphatic carbocycles. The maximum absolute atomic E-state index is 14.8. The van der Waals surface area contributed by atoms with Gasteiger partial charge in [0.2, 0.25) is 5.91 Å². The van der Waals surface area contributed by atoms with Crippen LogP contribution in [0.3, 0.4) is 0 Å². The number of likely N-dealkylation sites (tertiary alicyclic amines) is 2. The number of halogens is 1. The van der Waals surface area contributed by atoms with Crippen LogP contribution in [0.15, 0.2) is 63.2 Å². The lowest BCUT2D eigenvalue weighted by atomic mass is 9.81. The van der Waals surface area contributed by atoms with Crippen molar-refractivity contribution in [2.24, 2.45) is 22.7 Å². The molecule has 4 aliphatic heterocycles. The summed E-state index contributed by atoms with van der Waals surface area (Å²) in [5.41, 5.74) is 10.5. The molecule has 4 atom stereocenters. The summed E-state index contributed by atoms with van der Waals surface area (Å²) in [7, 11) is 1.50. The number of piperidine rings is 1. The van der Waals surface area contributed by atoms with Gasteiger partial charge >= 0.3 is 0 Å². The fraction of sp³-hybridized carbons (Fsp3) is 0.538. The van der Waals surface area contributed by atoms with Crippen molar-refractivity contribution in [3.8, 4) is 0 Å². The average Bonchev–Trinajstić information content (AvgIpc) is 3.23. The zero-order valence-corrected chi connectivity index (χ0v) is 18.9. The summed E-state index contributed by atoms with van der Waals surface area (Å²) in [6.07, 6.45) is 9.17. The summed E-state index contributed by atoms with van der Waals surface area (Å²) in [5.74, 6) is 0.576. The van der Waals surface area contributed by atoms with Crippen molar-refractivity contribution < 1.29 is 13.9 Å². The van der Waals surface area contributed by atoms with Gasteiger partial charge < -0.3 is 15.0 Å². The van der Waals surface area contributed by atoms with Gasteiger partial charge in [0.15, 0.2) is 5.76 Å². The molecule has 0 saturated carbocycles. The number of fused-ring (bicyclic) bond motifs is 2. The number of aliphatic imine (C=N–C) groups is 1. The quantitative estimate of drug-likeness (QED) is 0.672. The van der Waals surface area contributed by atoms with E-state index in [1.54, 1.807) is 6.08 Å². The van der Waals surface area contributed by atoms with Crippen LogP contribution in [0, 0.1) is 17.8 Å². The minimum atomic E-state index is -0.219. The monoisotopic (exact) mass is 448 g/mol. The molecule has 172 valence electrons. The molecule has 33 heavy (non-hydrogen) atoms. The molecule has 4 heterocycles. The normalized spacial score (nSPS) is 33.4. The highest BCUT2D eigenvalue weighted by Gasteiger charge is 2.46. The molecule has 3 fully saturated rings. The van der Waals surface area contributed by atoms with Gasteiger partial charge in [-0.2, -0.15) is 0 Å². The van der Waals surface area contributed by atoms with Crippen LogP contribution < -0.4 is 5.32 Å². The van der Waals surface area contributed by atoms with Gasteiger partial charge in [0, 0.05) is 74.9 Å². The van der Waals surface area contributed by atoms with Gasteiger partial charge in [-0.1, -0.05) is 5.73 Å². The van der Waals surface area contributed by atoms with Crippen molar-refractivity contribution in [1.82, 2.24) is 15.1 Å². The smallest absolute Gasteiger partial charge is 0.224 e. The maximum atomic E-state index is 14.8. The molecule has 6 nitrogen and oxygen atoms in total. The number of rotatable bonds is 4. The van der Waals surface area contributed by atoms with E-state index in [1.165, 1.54) is 13.5 Å². The number of nitrogens with zero attached hydrogens (tertiary/aromatic N) is 3. The summed E-state index contributed by atoms with van der Waals surface area (Å²) >= 11 is 0. The lowest BCUT2D eigenvalue weighted by Gasteiger charge is -2.40. The van der Waals surface area contributed by atoms with Crippen molar-refractivity contribution in [2.45, 2.75) is 31.7 Å². The molecule has 0 aromatic rings. The maximum Gasteiger partial charge on any atom is 0.224 e. The predicted octanol–water partition coefficient (Wildman–Crippen LogP) is 2.84. The van der Waals surface area contributed by atoms with Gasteiger partial charge in [0.05, 0.1) is 24.4 Å². The van der Waals surface area contributed by atoms with E-state index in [4.69, 9.17) is 9.73 Å². The molecule has 6 rings (SSSR count). The second-order valence-corrected chi connectivity index (χ2v) is 9.81. The van der Waals surface area contributed by atoms with Crippen LogP contribution in [0.25, 0.3) is 0 Å². The number of methoxy groups -OCH3 is 1. The molecule has 1 N–H and O–H groups in total. The highest BCUT2D eigenvalue weighted by molar-refractivity contribution is 6.04. The first-order valence-corrected chi connectivity index (χ1v) is 12.0. The van der Waals surface area contributed by atoms with Gasteiger partial charge in [-0.15, -0.1) is 0 Å². The number of allylic oxidation sites excluding steroid dienone is 5. The van der Waals surface area contributed by atoms with Crippen LogP contribution in [-0.2, 0) is 9.53 Å². The van der Waals surface area contributed by atoms with E-state index in [1.807, 2.05) is 0 Å². The summed E-state index contributed by atoms with van der Waals surface area (Å²) in [6.45, 7) is 4.51. The van der Waals surface area contributed by atoms with Crippen LogP contribution in [-0.4, -0.2) is 67.3 Å². The highest BCUT2D eigenvalue weighted by atomic mass is 19.1. The second-order valence-electron chi connectivity index (χ2n) is 9.81. The first-order valence-electron chi connectivity index (χ1n) is 12.0. The van der Waals surface area contributed by atoms with Crippen LogP contribution in [0.5, 0.6) is 0 Å². The lowest BCUT2D eigenvalue weighted by Crippen LogP contribution is -2.45. The fourth-order valence-corrected chi connectivity index (χ4v) is 6.00. The molecule has 0 aromatic heterocycles. The number of hydrogen-bond acceptors (Lipinski definition) is 5. The molecular formula is C26H29FN4O2. The van der Waals surface area contributed by atoms with Crippen LogP contribution in [0.1, 0.15) is 25.7 Å². The number of hydrogen-bond donors (Lipinski definition) is 1. The van der Waals surface area contributed by atoms with E-state index >= 15 is 0 Å². The Morgan fingerprint density at radius 2 is 2.06 bits per heavy atom. The fourth-order valence-electron chi connectivity index (χ4n) is 6.00. The van der Waals surface area contributed by atoms with Gasteiger partial charge in [0.25, 0.3) is 0 Å². The number of nitrogens with one attached hydrogen (secondary N) is 1. The van der Waals surface area contributed by atoms with E-state index in [0.29, 0.717) is 12.3 Å². The largest absolute Gasteiger partial charge is 0.494 e. The standard InChI is InChI=1S/C26H29FN4O2/c1-33-25-13-23-19(11-21(25)27)24(31-14-17-7-8-28-26(32)20(17)15-31)12-22(29-23)16-3-5-18(6-4-16)30-9-2-10-30/h3,5,13,17,19-20,24H,2,7-12,14-15H2,1H3,(H,28,32). The minimum Gasteiger partial charge on any atom is -0.494 e. The van der Waals surface area contributed by atoms with E-state index in [2.05, 4.69) is 38.7 Å². The molecule has 0 aromatic carbocycles. The van der Waals surface area contributed by atoms with Crippen molar-refractivity contribution in [3.05, 3.63) is 58.2 Å². The van der Waals surface area contributed by atoms with Gasteiger partial charge in [-0.25, -0.2) is 4.39 Å². The van der Waals surface area contributed by atoms with E-state index in [0.717, 1.165) is 61.8 Å². The average molecular weight is 449 g/mol. The Labute approximate surface area is 193 Å². The van der Waals surface area contributed by atoms with Gasteiger partial charge in [-0.05, 0) is 36.6 Å². The third-order valence-electron chi connectivity index (χ3n) is 8.01. The second kappa shape index (κ2) is 8.18. The Kier molecular flexibility index (Phi) is 5.14. The molecule has 0 spiro atoms. The first-order chi connectivity index (χ1) is 16.1. The Bertz CT molecular complexity index is 1120. The summed E-state index contributed by atoms with van der Waals surface area (Å²) in [4.78, 5) is 22.1. The molecule has 1 amide bonds. The third-order valence-corrected chi connectivity index (χ3v) is 8.01. The zero-order chi connectivity index (χ0) is 22.5. The van der Waals surface area contributed by atoms with E-state index < -0.39 is 0 Å². The Morgan fingerprint density at radius 1 is 1.18 bits per heavy atom. The zero-order valence-electron chi connectivity index (χ0n) is 18.9. The van der Waals surface area contributed by atoms with Crippen LogP contribution in [0.2, 0.25) is 0 Å². The topological polar surface area (TPSA) is 57.2 Å². The SMILES string of the molecule is COC1=C(F)CC2C(=C1)N=C(C1=C=C=C(N3CCC3)C=C1)CC2N1CC2CCNC(=O)C2C1. The molecule has 3 saturated heterocycles. The summed E-state index contributed by atoms with van der Waals surface area (Å²) in [5, 5.41) is 3.01.